The number of aliphatic carboxylic acids is 1. The fourth-order valence-corrected chi connectivity index (χ4v) is 5.13. The van der Waals surface area contributed by atoms with Gasteiger partial charge in [-0.15, -0.1) is 0 Å². The number of rotatable bonds is 6. The van der Waals surface area contributed by atoms with Gasteiger partial charge in [-0.25, -0.2) is 4.79 Å². The Bertz CT molecular complexity index is 1250. The number of carbonyl (C=O) groups excluding carboxylic acids is 2. The van der Waals surface area contributed by atoms with Crippen molar-refractivity contribution in [3.05, 3.63) is 71.4 Å². The SMILES string of the molecule is Cn1nc(NC(=O)OCC2c3ccccc3-c3ccccc32)cc1C(=O)N1CCC[C@H]1CC(=O)O. The van der Waals surface area contributed by atoms with Crippen molar-refractivity contribution in [1.29, 1.82) is 0 Å². The molecule has 180 valence electrons. The molecule has 1 aliphatic carbocycles. The number of carboxylic acid groups (broad SMARTS) is 1. The Balaban J connectivity index is 1.24. The van der Waals surface area contributed by atoms with Crippen molar-refractivity contribution in [3.8, 4) is 11.1 Å². The van der Waals surface area contributed by atoms with Crippen LogP contribution in [0.2, 0.25) is 0 Å². The number of fused-ring (bicyclic) bond motifs is 3. The molecule has 2 N–H and O–H groups in total. The predicted octanol–water partition coefficient (Wildman–Crippen LogP) is 3.86. The average Bonchev–Trinajstić information content (AvgIpc) is 3.53. The largest absolute Gasteiger partial charge is 0.481 e. The molecular formula is C26H26N4O5. The van der Waals surface area contributed by atoms with Crippen LogP contribution in [0.25, 0.3) is 11.1 Å². The van der Waals surface area contributed by atoms with Gasteiger partial charge in [-0.3, -0.25) is 19.6 Å². The van der Waals surface area contributed by atoms with E-state index in [1.54, 1.807) is 11.9 Å². The summed E-state index contributed by atoms with van der Waals surface area (Å²) >= 11 is 0. The maximum Gasteiger partial charge on any atom is 0.412 e. The van der Waals surface area contributed by atoms with Gasteiger partial charge in [-0.05, 0) is 35.1 Å². The number of benzene rings is 2. The zero-order valence-electron chi connectivity index (χ0n) is 19.3. The van der Waals surface area contributed by atoms with Crippen molar-refractivity contribution < 1.29 is 24.2 Å². The lowest BCUT2D eigenvalue weighted by molar-refractivity contribution is -0.137. The molecule has 9 nitrogen and oxygen atoms in total. The van der Waals surface area contributed by atoms with Crippen molar-refractivity contribution in [2.75, 3.05) is 18.5 Å². The van der Waals surface area contributed by atoms with E-state index in [2.05, 4.69) is 22.5 Å². The number of carbonyl (C=O) groups is 3. The molecule has 0 spiro atoms. The number of amides is 2. The van der Waals surface area contributed by atoms with Crippen LogP contribution in [0.3, 0.4) is 0 Å². The number of ether oxygens (including phenoxy) is 1. The van der Waals surface area contributed by atoms with Crippen LogP contribution in [0.1, 0.15) is 46.8 Å². The standard InChI is InChI=1S/C26H26N4O5/c1-29-22(25(33)30-12-6-7-16(30)13-24(31)32)14-23(28-29)27-26(34)35-15-21-19-10-4-2-8-17(19)18-9-3-5-11-20(18)21/h2-5,8-11,14,16,21H,6-7,12-13,15H2,1H3,(H,31,32)(H,27,28,34)/t16-/m0/s1. The molecule has 0 bridgehead atoms. The number of carboxylic acids is 1. The van der Waals surface area contributed by atoms with Gasteiger partial charge in [-0.1, -0.05) is 48.5 Å². The van der Waals surface area contributed by atoms with Gasteiger partial charge in [0.25, 0.3) is 5.91 Å². The normalized spacial score (nSPS) is 16.6. The van der Waals surface area contributed by atoms with E-state index in [4.69, 9.17) is 9.84 Å². The molecule has 5 rings (SSSR count). The van der Waals surface area contributed by atoms with E-state index in [1.165, 1.54) is 10.7 Å². The molecule has 1 atom stereocenters. The smallest absolute Gasteiger partial charge is 0.412 e. The highest BCUT2D eigenvalue weighted by Crippen LogP contribution is 2.44. The molecule has 2 amide bonds. The summed E-state index contributed by atoms with van der Waals surface area (Å²) in [5.41, 5.74) is 4.81. The van der Waals surface area contributed by atoms with E-state index in [-0.39, 0.29) is 42.4 Å². The third-order valence-electron chi connectivity index (χ3n) is 6.72. The van der Waals surface area contributed by atoms with Crippen molar-refractivity contribution in [3.63, 3.8) is 0 Å². The lowest BCUT2D eigenvalue weighted by atomic mass is 9.98. The Kier molecular flexibility index (Phi) is 5.98. The first-order valence-electron chi connectivity index (χ1n) is 11.6. The minimum absolute atomic E-state index is 0.0599. The highest BCUT2D eigenvalue weighted by Gasteiger charge is 2.33. The van der Waals surface area contributed by atoms with Crippen molar-refractivity contribution in [2.45, 2.75) is 31.2 Å². The number of aryl methyl sites for hydroxylation is 1. The fraction of sp³-hybridized carbons (Fsp3) is 0.308. The number of hydrogen-bond donors (Lipinski definition) is 2. The highest BCUT2D eigenvalue weighted by atomic mass is 16.5. The van der Waals surface area contributed by atoms with E-state index in [9.17, 15) is 14.4 Å². The van der Waals surface area contributed by atoms with E-state index in [0.29, 0.717) is 13.0 Å². The van der Waals surface area contributed by atoms with E-state index in [0.717, 1.165) is 28.7 Å². The number of hydrogen-bond acceptors (Lipinski definition) is 5. The molecule has 1 saturated heterocycles. The van der Waals surface area contributed by atoms with Crippen LogP contribution in [-0.2, 0) is 16.6 Å². The zero-order chi connectivity index (χ0) is 24.5. The third-order valence-corrected chi connectivity index (χ3v) is 6.72. The van der Waals surface area contributed by atoms with Gasteiger partial charge in [0.05, 0.1) is 6.42 Å². The van der Waals surface area contributed by atoms with Crippen LogP contribution < -0.4 is 5.32 Å². The molecule has 2 aromatic carbocycles. The van der Waals surface area contributed by atoms with Crippen molar-refractivity contribution >= 4 is 23.8 Å². The molecule has 9 heteroatoms. The highest BCUT2D eigenvalue weighted by molar-refractivity contribution is 5.95. The van der Waals surface area contributed by atoms with Gasteiger partial charge < -0.3 is 14.7 Å². The van der Waals surface area contributed by atoms with Crippen molar-refractivity contribution in [2.24, 2.45) is 7.05 Å². The molecule has 0 radical (unpaired) electrons. The minimum atomic E-state index is -0.933. The minimum Gasteiger partial charge on any atom is -0.481 e. The lowest BCUT2D eigenvalue weighted by Crippen LogP contribution is -2.37. The molecule has 1 aromatic heterocycles. The molecule has 0 unspecified atom stereocenters. The van der Waals surface area contributed by atoms with E-state index >= 15 is 0 Å². The average molecular weight is 475 g/mol. The van der Waals surface area contributed by atoms with E-state index in [1.807, 2.05) is 36.4 Å². The Morgan fingerprint density at radius 1 is 1.09 bits per heavy atom. The quantitative estimate of drug-likeness (QED) is 0.561. The Labute approximate surface area is 202 Å². The molecular weight excluding hydrogens is 448 g/mol. The second kappa shape index (κ2) is 9.25. The second-order valence-corrected chi connectivity index (χ2v) is 8.88. The third kappa shape index (κ3) is 4.37. The first-order chi connectivity index (χ1) is 16.9. The van der Waals surface area contributed by atoms with Crippen LogP contribution in [0.15, 0.2) is 54.6 Å². The summed E-state index contributed by atoms with van der Waals surface area (Å²) in [5.74, 6) is -1.10. The monoisotopic (exact) mass is 474 g/mol. The number of nitrogens with one attached hydrogen (secondary N) is 1. The summed E-state index contributed by atoms with van der Waals surface area (Å²) in [7, 11) is 1.61. The molecule has 3 aromatic rings. The zero-order valence-corrected chi connectivity index (χ0v) is 19.3. The maximum atomic E-state index is 13.0. The molecule has 35 heavy (non-hydrogen) atoms. The Morgan fingerprint density at radius 2 is 1.74 bits per heavy atom. The first kappa shape index (κ1) is 22.6. The number of likely N-dealkylation sites (tertiary alicyclic amines) is 1. The molecule has 1 aliphatic heterocycles. The Morgan fingerprint density at radius 3 is 2.40 bits per heavy atom. The van der Waals surface area contributed by atoms with Gasteiger partial charge in [-0.2, -0.15) is 5.10 Å². The van der Waals surface area contributed by atoms with Crippen LogP contribution in [-0.4, -0.2) is 57.0 Å². The molecule has 2 heterocycles. The molecule has 1 fully saturated rings. The lowest BCUT2D eigenvalue weighted by Gasteiger charge is -2.23. The Hall–Kier alpha value is -4.14. The second-order valence-electron chi connectivity index (χ2n) is 8.88. The van der Waals surface area contributed by atoms with Crippen molar-refractivity contribution in [1.82, 2.24) is 14.7 Å². The summed E-state index contributed by atoms with van der Waals surface area (Å²) in [6.07, 6.45) is 0.663. The van der Waals surface area contributed by atoms with Crippen LogP contribution in [0, 0.1) is 0 Å². The fourth-order valence-electron chi connectivity index (χ4n) is 5.13. The van der Waals surface area contributed by atoms with Crippen LogP contribution in [0.5, 0.6) is 0 Å². The van der Waals surface area contributed by atoms with Gasteiger partial charge in [0.1, 0.15) is 12.3 Å². The number of nitrogens with zero attached hydrogens (tertiary/aromatic N) is 3. The molecule has 0 saturated carbocycles. The van der Waals surface area contributed by atoms with Crippen LogP contribution in [0.4, 0.5) is 10.6 Å². The summed E-state index contributed by atoms with van der Waals surface area (Å²) in [6, 6.07) is 17.3. The predicted molar refractivity (Wildman–Crippen MR) is 128 cm³/mol. The topological polar surface area (TPSA) is 114 Å². The summed E-state index contributed by atoms with van der Waals surface area (Å²) in [5, 5.41) is 16.0. The van der Waals surface area contributed by atoms with Gasteiger partial charge in [0.15, 0.2) is 5.82 Å². The maximum absolute atomic E-state index is 13.0. The van der Waals surface area contributed by atoms with Gasteiger partial charge in [0, 0.05) is 31.6 Å². The summed E-state index contributed by atoms with van der Waals surface area (Å²) in [4.78, 5) is 38.3. The van der Waals surface area contributed by atoms with Gasteiger partial charge in [0.2, 0.25) is 0 Å². The number of aromatic nitrogens is 2. The van der Waals surface area contributed by atoms with Crippen LogP contribution >= 0.6 is 0 Å². The summed E-state index contributed by atoms with van der Waals surface area (Å²) < 4.78 is 6.94. The molecule has 2 aliphatic rings. The first-order valence-corrected chi connectivity index (χ1v) is 11.6. The summed E-state index contributed by atoms with van der Waals surface area (Å²) in [6.45, 7) is 0.667. The van der Waals surface area contributed by atoms with Gasteiger partial charge >= 0.3 is 12.1 Å². The number of anilines is 1. The van der Waals surface area contributed by atoms with E-state index < -0.39 is 12.1 Å².